The molecule has 0 amide bonds. The number of fused-ring (bicyclic) bond motifs is 1. The van der Waals surface area contributed by atoms with Crippen molar-refractivity contribution in [3.8, 4) is 5.69 Å². The van der Waals surface area contributed by atoms with E-state index in [1.807, 2.05) is 18.2 Å². The summed E-state index contributed by atoms with van der Waals surface area (Å²) in [5.74, 6) is -0.848. The number of nitrogens with zero attached hydrogens (tertiary/aromatic N) is 2. The summed E-state index contributed by atoms with van der Waals surface area (Å²) in [6.45, 7) is 0. The van der Waals surface area contributed by atoms with Gasteiger partial charge in [0.05, 0.1) is 17.1 Å². The highest BCUT2D eigenvalue weighted by Gasteiger charge is 2.18. The van der Waals surface area contributed by atoms with Gasteiger partial charge < -0.3 is 0 Å². The smallest absolute Gasteiger partial charge is 0.153 e. The second-order valence-electron chi connectivity index (χ2n) is 4.35. The summed E-state index contributed by atoms with van der Waals surface area (Å²) in [4.78, 5) is 4.17. The lowest BCUT2D eigenvalue weighted by atomic mass is 10.2. The van der Waals surface area contributed by atoms with Crippen molar-refractivity contribution in [1.82, 2.24) is 9.55 Å². The fourth-order valence-electron chi connectivity index (χ4n) is 2.17. The summed E-state index contributed by atoms with van der Waals surface area (Å²) >= 11 is 12.7. The molecule has 21 heavy (non-hydrogen) atoms. The molecule has 0 radical (unpaired) electrons. The second-order valence-corrected chi connectivity index (χ2v) is 6.39. The molecule has 2 aromatic carbocycles. The molecule has 1 aromatic heterocycles. The molecule has 1 heterocycles. The molecule has 2 nitrogen and oxygen atoms in total. The summed E-state index contributed by atoms with van der Waals surface area (Å²) in [6.07, 6.45) is 0. The van der Waals surface area contributed by atoms with Crippen molar-refractivity contribution in [1.29, 1.82) is 0 Å². The van der Waals surface area contributed by atoms with Crippen LogP contribution >= 0.6 is 43.5 Å². The summed E-state index contributed by atoms with van der Waals surface area (Å²) in [6, 6.07) is 7.57. The van der Waals surface area contributed by atoms with E-state index in [1.54, 1.807) is 4.57 Å². The van der Waals surface area contributed by atoms with Gasteiger partial charge in [-0.1, -0.05) is 15.9 Å². The third-order valence-electron chi connectivity index (χ3n) is 3.02. The van der Waals surface area contributed by atoms with Crippen LogP contribution in [0.2, 0.25) is 0 Å². The Labute approximate surface area is 141 Å². The van der Waals surface area contributed by atoms with Crippen LogP contribution in [0.4, 0.5) is 8.78 Å². The topological polar surface area (TPSA) is 17.8 Å². The van der Waals surface area contributed by atoms with E-state index in [-0.39, 0.29) is 11.4 Å². The fourth-order valence-corrected chi connectivity index (χ4v) is 3.12. The molecule has 0 saturated heterocycles. The molecule has 0 aliphatic carbocycles. The van der Waals surface area contributed by atoms with Gasteiger partial charge in [0.15, 0.2) is 5.82 Å². The van der Waals surface area contributed by atoms with E-state index in [2.05, 4.69) is 36.8 Å². The van der Waals surface area contributed by atoms with Gasteiger partial charge in [0.1, 0.15) is 17.2 Å². The lowest BCUT2D eigenvalue weighted by Crippen LogP contribution is -2.00. The Bertz CT molecular complexity index is 849. The molecule has 0 unspecified atom stereocenters. The molecule has 0 spiro atoms. The molecule has 0 aliphatic heterocycles. The standard InChI is InChI=1S/C14H7Br2ClF2N2/c15-7-1-2-9(16)11(3-7)21-12-5-8(18)4-10(19)14(12)20-13(21)6-17/h1-5H,6H2. The number of rotatable bonds is 2. The van der Waals surface area contributed by atoms with E-state index >= 15 is 0 Å². The van der Waals surface area contributed by atoms with Crippen LogP contribution in [0.15, 0.2) is 39.3 Å². The molecule has 7 heteroatoms. The lowest BCUT2D eigenvalue weighted by molar-refractivity contribution is 0.590. The first-order valence-corrected chi connectivity index (χ1v) is 8.01. The van der Waals surface area contributed by atoms with Crippen molar-refractivity contribution >= 4 is 54.5 Å². The predicted octanol–water partition coefficient (Wildman–Crippen LogP) is 5.57. The van der Waals surface area contributed by atoms with Crippen LogP contribution in [-0.4, -0.2) is 9.55 Å². The highest BCUT2D eigenvalue weighted by atomic mass is 79.9. The zero-order valence-corrected chi connectivity index (χ0v) is 14.3. The molecular weight excluding hydrogens is 429 g/mol. The first-order valence-electron chi connectivity index (χ1n) is 5.89. The fraction of sp³-hybridized carbons (Fsp3) is 0.0714. The second kappa shape index (κ2) is 5.66. The minimum atomic E-state index is -0.707. The Hall–Kier alpha value is -0.980. The average Bonchev–Trinajstić information content (AvgIpc) is 2.80. The van der Waals surface area contributed by atoms with E-state index in [0.29, 0.717) is 17.0 Å². The van der Waals surface area contributed by atoms with Crippen molar-refractivity contribution in [2.24, 2.45) is 0 Å². The van der Waals surface area contributed by atoms with Gasteiger partial charge in [-0.25, -0.2) is 13.8 Å². The quantitative estimate of drug-likeness (QED) is 0.481. The number of benzene rings is 2. The molecule has 0 fully saturated rings. The SMILES string of the molecule is Fc1cc(F)c2nc(CCl)n(-c3cc(Br)ccc3Br)c2c1. The molecule has 0 aliphatic rings. The third-order valence-corrected chi connectivity index (χ3v) is 4.42. The van der Waals surface area contributed by atoms with Crippen molar-refractivity contribution in [2.45, 2.75) is 5.88 Å². The van der Waals surface area contributed by atoms with Gasteiger partial charge in [0, 0.05) is 21.1 Å². The predicted molar refractivity (Wildman–Crippen MR) is 85.9 cm³/mol. The number of halogens is 5. The van der Waals surface area contributed by atoms with Gasteiger partial charge in [-0.2, -0.15) is 0 Å². The number of hydrogen-bond acceptors (Lipinski definition) is 1. The van der Waals surface area contributed by atoms with Crippen LogP contribution in [0.1, 0.15) is 5.82 Å². The summed E-state index contributed by atoms with van der Waals surface area (Å²) < 4.78 is 30.7. The Morgan fingerprint density at radius 2 is 1.90 bits per heavy atom. The molecule has 3 aromatic rings. The number of alkyl halides is 1. The van der Waals surface area contributed by atoms with Crippen LogP contribution < -0.4 is 0 Å². The monoisotopic (exact) mass is 434 g/mol. The zero-order valence-electron chi connectivity index (χ0n) is 10.4. The summed E-state index contributed by atoms with van der Waals surface area (Å²) in [5.41, 5.74) is 1.13. The maximum absolute atomic E-state index is 13.9. The lowest BCUT2D eigenvalue weighted by Gasteiger charge is -2.10. The Morgan fingerprint density at radius 3 is 2.62 bits per heavy atom. The van der Waals surface area contributed by atoms with Gasteiger partial charge in [-0.15, -0.1) is 11.6 Å². The maximum Gasteiger partial charge on any atom is 0.153 e. The average molecular weight is 436 g/mol. The minimum absolute atomic E-state index is 0.0781. The Morgan fingerprint density at radius 1 is 1.14 bits per heavy atom. The minimum Gasteiger partial charge on any atom is -0.294 e. The highest BCUT2D eigenvalue weighted by molar-refractivity contribution is 9.11. The van der Waals surface area contributed by atoms with E-state index in [0.717, 1.165) is 15.0 Å². The number of hydrogen-bond donors (Lipinski definition) is 0. The van der Waals surface area contributed by atoms with E-state index in [4.69, 9.17) is 11.6 Å². The van der Waals surface area contributed by atoms with Crippen molar-refractivity contribution in [3.05, 3.63) is 56.7 Å². The Kier molecular flexibility index (Phi) is 4.03. The first kappa shape index (κ1) is 14.9. The number of aromatic nitrogens is 2. The van der Waals surface area contributed by atoms with Crippen LogP contribution in [0.5, 0.6) is 0 Å². The highest BCUT2D eigenvalue weighted by Crippen LogP contribution is 2.31. The van der Waals surface area contributed by atoms with Crippen LogP contribution in [0.25, 0.3) is 16.7 Å². The molecule has 3 rings (SSSR count). The largest absolute Gasteiger partial charge is 0.294 e. The zero-order chi connectivity index (χ0) is 15.1. The first-order chi connectivity index (χ1) is 10.0. The van der Waals surface area contributed by atoms with Crippen LogP contribution in [0, 0.1) is 11.6 Å². The third kappa shape index (κ3) is 2.60. The van der Waals surface area contributed by atoms with Crippen molar-refractivity contribution in [2.75, 3.05) is 0 Å². The van der Waals surface area contributed by atoms with Crippen LogP contribution in [-0.2, 0) is 5.88 Å². The molecular formula is C14H7Br2ClF2N2. The van der Waals surface area contributed by atoms with Crippen molar-refractivity contribution in [3.63, 3.8) is 0 Å². The Balaban J connectivity index is 2.43. The van der Waals surface area contributed by atoms with E-state index in [1.165, 1.54) is 6.07 Å². The van der Waals surface area contributed by atoms with Crippen LogP contribution in [0.3, 0.4) is 0 Å². The summed E-state index contributed by atoms with van der Waals surface area (Å²) in [7, 11) is 0. The van der Waals surface area contributed by atoms with Gasteiger partial charge in [-0.3, -0.25) is 4.57 Å². The molecule has 0 saturated carbocycles. The van der Waals surface area contributed by atoms with E-state index in [9.17, 15) is 8.78 Å². The van der Waals surface area contributed by atoms with Crippen molar-refractivity contribution < 1.29 is 8.78 Å². The van der Waals surface area contributed by atoms with E-state index < -0.39 is 11.6 Å². The molecule has 0 N–H and O–H groups in total. The molecule has 108 valence electrons. The molecule has 0 bridgehead atoms. The summed E-state index contributed by atoms with van der Waals surface area (Å²) in [5, 5.41) is 0. The van der Waals surface area contributed by atoms with Gasteiger partial charge in [0.25, 0.3) is 0 Å². The number of imidazole rings is 1. The van der Waals surface area contributed by atoms with Gasteiger partial charge in [-0.05, 0) is 34.1 Å². The van der Waals surface area contributed by atoms with Gasteiger partial charge in [0.2, 0.25) is 0 Å². The normalized spacial score (nSPS) is 11.3. The van der Waals surface area contributed by atoms with Gasteiger partial charge >= 0.3 is 0 Å². The maximum atomic E-state index is 13.9. The molecule has 0 atom stereocenters.